The van der Waals surface area contributed by atoms with Crippen molar-refractivity contribution < 1.29 is 22.7 Å². The van der Waals surface area contributed by atoms with E-state index in [9.17, 15) is 18.0 Å². The van der Waals surface area contributed by atoms with Gasteiger partial charge in [0, 0.05) is 5.69 Å². The van der Waals surface area contributed by atoms with Gasteiger partial charge in [-0.3, -0.25) is 14.4 Å². The minimum atomic E-state index is -4.08. The molecule has 1 heterocycles. The first-order valence-electron chi connectivity index (χ1n) is 10.8. The predicted octanol–water partition coefficient (Wildman–Crippen LogP) is 4.10. The van der Waals surface area contributed by atoms with E-state index in [1.807, 2.05) is 26.0 Å². The van der Waals surface area contributed by atoms with Crippen LogP contribution in [-0.2, 0) is 24.3 Å². The number of Topliss-reactive ketones (excluding diaryl/α,β-unsaturated/α-hetero) is 1. The van der Waals surface area contributed by atoms with Gasteiger partial charge in [-0.25, -0.2) is 13.2 Å². The number of rotatable bonds is 6. The van der Waals surface area contributed by atoms with Crippen LogP contribution in [0, 0.1) is 13.8 Å². The Morgan fingerprint density at radius 3 is 2.03 bits per heavy atom. The molecule has 178 valence electrons. The van der Waals surface area contributed by atoms with Crippen molar-refractivity contribution >= 4 is 33.0 Å². The van der Waals surface area contributed by atoms with Crippen molar-refractivity contribution in [2.75, 3.05) is 12.0 Å². The number of sulfonamides is 1. The zero-order valence-corrected chi connectivity index (χ0v) is 20.3. The molecule has 0 bridgehead atoms. The van der Waals surface area contributed by atoms with Gasteiger partial charge in [-0.05, 0) is 43.7 Å². The first kappa shape index (κ1) is 24.0. The molecule has 7 nitrogen and oxygen atoms in total. The minimum absolute atomic E-state index is 0.0276. The van der Waals surface area contributed by atoms with Gasteiger partial charge in [0.1, 0.15) is 11.5 Å². The molecule has 0 saturated heterocycles. The molecule has 1 aliphatic rings. The number of aryl methyl sites for hydroxylation is 2. The Morgan fingerprint density at radius 2 is 1.46 bits per heavy atom. The molecule has 8 heteroatoms. The highest BCUT2D eigenvalue weighted by Crippen LogP contribution is 2.38. The number of carbonyl (C=O) groups is 2. The highest BCUT2D eigenvalue weighted by atomic mass is 32.2. The quantitative estimate of drug-likeness (QED) is 0.415. The second-order valence-corrected chi connectivity index (χ2v) is 9.74. The third kappa shape index (κ3) is 4.88. The number of anilines is 1. The Morgan fingerprint density at radius 1 is 0.886 bits per heavy atom. The highest BCUT2D eigenvalue weighted by Gasteiger charge is 2.39. The van der Waals surface area contributed by atoms with Crippen molar-refractivity contribution in [2.24, 2.45) is 0 Å². The van der Waals surface area contributed by atoms with E-state index in [1.54, 1.807) is 54.6 Å². The van der Waals surface area contributed by atoms with E-state index in [-0.39, 0.29) is 22.0 Å². The first-order chi connectivity index (χ1) is 16.7. The van der Waals surface area contributed by atoms with Gasteiger partial charge < -0.3 is 4.74 Å². The van der Waals surface area contributed by atoms with Crippen LogP contribution in [0.15, 0.2) is 101 Å². The molecule has 35 heavy (non-hydrogen) atoms. The lowest BCUT2D eigenvalue weighted by Crippen LogP contribution is -2.33. The number of carbonyl (C=O) groups excluding carboxylic acids is 2. The molecule has 0 radical (unpaired) electrons. The van der Waals surface area contributed by atoms with E-state index < -0.39 is 21.8 Å². The van der Waals surface area contributed by atoms with E-state index in [0.29, 0.717) is 11.3 Å². The minimum Gasteiger partial charge on any atom is -0.466 e. The molecule has 0 spiro atoms. The van der Waals surface area contributed by atoms with Crippen LogP contribution in [-0.4, -0.2) is 27.3 Å². The van der Waals surface area contributed by atoms with Crippen molar-refractivity contribution in [1.82, 2.24) is 4.72 Å². The summed E-state index contributed by atoms with van der Waals surface area (Å²) in [6, 6.07) is 22.3. The number of benzene rings is 3. The van der Waals surface area contributed by atoms with Crippen LogP contribution in [0.2, 0.25) is 0 Å². The van der Waals surface area contributed by atoms with Crippen molar-refractivity contribution in [2.45, 2.75) is 18.7 Å². The monoisotopic (exact) mass is 488 g/mol. The standard InChI is InChI=1S/C27H24N2O5S/c1-18-9-13-20(14-10-18)25-26(31)23(17-24(30)34-3)29(21-7-5-4-6-8-21)27(25)28-35(32,33)22-15-11-19(2)12-16-22/h4-17,28H,1-3H3/b23-17+. The van der Waals surface area contributed by atoms with Crippen LogP contribution in [0.3, 0.4) is 0 Å². The maximum Gasteiger partial charge on any atom is 0.332 e. The lowest BCUT2D eigenvalue weighted by atomic mass is 10.0. The summed E-state index contributed by atoms with van der Waals surface area (Å²) in [5, 5.41) is 0. The summed E-state index contributed by atoms with van der Waals surface area (Å²) in [7, 11) is -2.87. The molecule has 0 aromatic heterocycles. The van der Waals surface area contributed by atoms with Gasteiger partial charge in [0.15, 0.2) is 0 Å². The molecule has 4 rings (SSSR count). The number of hydrogen-bond acceptors (Lipinski definition) is 6. The number of hydrogen-bond donors (Lipinski definition) is 1. The molecule has 0 fully saturated rings. The van der Waals surface area contributed by atoms with Crippen molar-refractivity contribution in [3.05, 3.63) is 113 Å². The SMILES string of the molecule is COC(=O)/C=C1\C(=O)C(c2ccc(C)cc2)=C(NS(=O)(=O)c2ccc(C)cc2)N1c1ccccc1. The van der Waals surface area contributed by atoms with Crippen LogP contribution >= 0.6 is 0 Å². The van der Waals surface area contributed by atoms with E-state index in [4.69, 9.17) is 4.74 Å². The number of nitrogens with zero attached hydrogens (tertiary/aromatic N) is 1. The number of allylic oxidation sites excluding steroid dienone is 1. The number of ketones is 1. The molecule has 0 unspecified atom stereocenters. The summed E-state index contributed by atoms with van der Waals surface area (Å²) >= 11 is 0. The number of ether oxygens (including phenoxy) is 1. The first-order valence-corrected chi connectivity index (χ1v) is 12.3. The molecule has 3 aromatic rings. The van der Waals surface area contributed by atoms with Gasteiger partial charge in [0.25, 0.3) is 10.0 Å². The van der Waals surface area contributed by atoms with Gasteiger partial charge >= 0.3 is 5.97 Å². The Hall–Kier alpha value is -4.17. The zero-order chi connectivity index (χ0) is 25.2. The second kappa shape index (κ2) is 9.60. The Labute approximate surface area is 204 Å². The fourth-order valence-electron chi connectivity index (χ4n) is 3.70. The average molecular weight is 489 g/mol. The molecule has 1 aliphatic heterocycles. The van der Waals surface area contributed by atoms with Gasteiger partial charge in [-0.2, -0.15) is 0 Å². The van der Waals surface area contributed by atoms with Crippen LogP contribution < -0.4 is 9.62 Å². The third-order valence-electron chi connectivity index (χ3n) is 5.53. The Bertz CT molecular complexity index is 1440. The van der Waals surface area contributed by atoms with Crippen molar-refractivity contribution in [3.8, 4) is 0 Å². The second-order valence-electron chi connectivity index (χ2n) is 8.06. The van der Waals surface area contributed by atoms with E-state index in [0.717, 1.165) is 17.2 Å². The molecule has 0 amide bonds. The maximum absolute atomic E-state index is 13.7. The zero-order valence-electron chi connectivity index (χ0n) is 19.5. The number of nitrogens with one attached hydrogen (secondary N) is 1. The summed E-state index contributed by atoms with van der Waals surface area (Å²) < 4.78 is 34.2. The van der Waals surface area contributed by atoms with Gasteiger partial charge in [0.05, 0.1) is 23.7 Å². The van der Waals surface area contributed by atoms with Gasteiger partial charge in [0.2, 0.25) is 5.78 Å². The fourth-order valence-corrected chi connectivity index (χ4v) is 4.76. The number of methoxy groups -OCH3 is 1. The fraction of sp³-hybridized carbons (Fsp3) is 0.111. The molecular formula is C27H24N2O5S. The topological polar surface area (TPSA) is 92.8 Å². The van der Waals surface area contributed by atoms with Crippen molar-refractivity contribution in [3.63, 3.8) is 0 Å². The summed E-state index contributed by atoms with van der Waals surface area (Å²) in [5.41, 5.74) is 3.00. The highest BCUT2D eigenvalue weighted by molar-refractivity contribution is 7.89. The van der Waals surface area contributed by atoms with Gasteiger partial charge in [-0.15, -0.1) is 0 Å². The lowest BCUT2D eigenvalue weighted by Gasteiger charge is -2.24. The van der Waals surface area contributed by atoms with Gasteiger partial charge in [-0.1, -0.05) is 65.7 Å². The summed E-state index contributed by atoms with van der Waals surface area (Å²) in [4.78, 5) is 27.4. The molecule has 0 aliphatic carbocycles. The maximum atomic E-state index is 13.7. The Kier molecular flexibility index (Phi) is 6.57. The molecule has 3 aromatic carbocycles. The summed E-state index contributed by atoms with van der Waals surface area (Å²) in [5.74, 6) is -1.22. The largest absolute Gasteiger partial charge is 0.466 e. The smallest absolute Gasteiger partial charge is 0.332 e. The van der Waals surface area contributed by atoms with E-state index in [1.165, 1.54) is 24.1 Å². The molecule has 0 saturated carbocycles. The molecular weight excluding hydrogens is 464 g/mol. The van der Waals surface area contributed by atoms with Crippen LogP contribution in [0.4, 0.5) is 5.69 Å². The van der Waals surface area contributed by atoms with E-state index in [2.05, 4.69) is 4.72 Å². The normalized spacial score (nSPS) is 15.0. The number of para-hydroxylation sites is 1. The molecule has 1 N–H and O–H groups in total. The van der Waals surface area contributed by atoms with Crippen LogP contribution in [0.1, 0.15) is 16.7 Å². The Balaban J connectivity index is 1.96. The lowest BCUT2D eigenvalue weighted by molar-refractivity contribution is -0.135. The third-order valence-corrected chi connectivity index (χ3v) is 6.89. The van der Waals surface area contributed by atoms with Crippen LogP contribution in [0.5, 0.6) is 0 Å². The summed E-state index contributed by atoms with van der Waals surface area (Å²) in [6.45, 7) is 3.77. The predicted molar refractivity (Wildman–Crippen MR) is 134 cm³/mol. The number of esters is 1. The average Bonchev–Trinajstić information content (AvgIpc) is 3.10. The van der Waals surface area contributed by atoms with Crippen LogP contribution in [0.25, 0.3) is 5.57 Å². The van der Waals surface area contributed by atoms with E-state index >= 15 is 0 Å². The van der Waals surface area contributed by atoms with Crippen molar-refractivity contribution in [1.29, 1.82) is 0 Å². The molecule has 0 atom stereocenters. The summed E-state index contributed by atoms with van der Waals surface area (Å²) in [6.07, 6.45) is 1.07.